The van der Waals surface area contributed by atoms with E-state index in [1.165, 1.54) is 0 Å². The Labute approximate surface area is 127 Å². The van der Waals surface area contributed by atoms with Gasteiger partial charge in [0.15, 0.2) is 5.58 Å². The van der Waals surface area contributed by atoms with E-state index in [9.17, 15) is 5.11 Å². The third-order valence-electron chi connectivity index (χ3n) is 4.34. The first-order valence-corrected chi connectivity index (χ1v) is 7.37. The average Bonchev–Trinajstić information content (AvgIpc) is 3.00. The normalized spacial score (nSPS) is 17.6. The smallest absolute Gasteiger partial charge is 0.279 e. The number of fused-ring (bicyclic) bond motifs is 1. The highest BCUT2D eigenvalue weighted by molar-refractivity contribution is 5.90. The summed E-state index contributed by atoms with van der Waals surface area (Å²) in [4.78, 5) is 4.12. The van der Waals surface area contributed by atoms with Crippen molar-refractivity contribution < 1.29 is 9.63 Å². The van der Waals surface area contributed by atoms with Crippen LogP contribution in [-0.2, 0) is 0 Å². The molecule has 1 aromatic carbocycles. The number of phenolic OH excluding ortho intramolecular Hbond substituents is 1. The van der Waals surface area contributed by atoms with Crippen LogP contribution >= 0.6 is 0 Å². The number of piperazine rings is 1. The molecule has 1 saturated heterocycles. The Bertz CT molecular complexity index is 794. The molecular formula is C16H17N4O2+. The van der Waals surface area contributed by atoms with E-state index in [-0.39, 0.29) is 5.75 Å². The molecule has 0 amide bonds. The highest BCUT2D eigenvalue weighted by Crippen LogP contribution is 2.39. The molecule has 3 heterocycles. The molecule has 0 saturated carbocycles. The number of phenols is 1. The van der Waals surface area contributed by atoms with E-state index in [1.54, 1.807) is 12.1 Å². The van der Waals surface area contributed by atoms with Gasteiger partial charge in [0.2, 0.25) is 0 Å². The number of pyridine rings is 1. The molecule has 0 atom stereocenters. The van der Waals surface area contributed by atoms with Crippen LogP contribution < -0.4 is 9.80 Å². The number of benzene rings is 1. The fourth-order valence-electron chi connectivity index (χ4n) is 3.22. The van der Waals surface area contributed by atoms with Crippen LogP contribution in [0, 0.1) is 0 Å². The van der Waals surface area contributed by atoms with E-state index in [2.05, 4.69) is 15.5 Å². The van der Waals surface area contributed by atoms with Crippen molar-refractivity contribution in [3.63, 3.8) is 0 Å². The second-order valence-corrected chi connectivity index (χ2v) is 5.56. The van der Waals surface area contributed by atoms with Crippen molar-refractivity contribution in [3.8, 4) is 5.75 Å². The predicted molar refractivity (Wildman–Crippen MR) is 84.0 cm³/mol. The van der Waals surface area contributed by atoms with Crippen molar-refractivity contribution in [2.75, 3.05) is 26.2 Å². The Hall–Kier alpha value is -2.44. The molecule has 0 aliphatic carbocycles. The zero-order valence-corrected chi connectivity index (χ0v) is 12.1. The summed E-state index contributed by atoms with van der Waals surface area (Å²) in [5, 5.41) is 18.3. The van der Waals surface area contributed by atoms with Gasteiger partial charge in [0.25, 0.3) is 5.82 Å². The van der Waals surface area contributed by atoms with Gasteiger partial charge in [-0.25, -0.2) is 4.48 Å². The fraction of sp³-hybridized carbons (Fsp3) is 0.250. The third-order valence-corrected chi connectivity index (χ3v) is 4.34. The summed E-state index contributed by atoms with van der Waals surface area (Å²) in [7, 11) is 0. The molecule has 4 rings (SSSR count). The topological polar surface area (TPSA) is 71.2 Å². The summed E-state index contributed by atoms with van der Waals surface area (Å²) in [5.41, 5.74) is 1.76. The van der Waals surface area contributed by atoms with Crippen molar-refractivity contribution >= 4 is 22.5 Å². The van der Waals surface area contributed by atoms with E-state index < -0.39 is 0 Å². The lowest BCUT2D eigenvalue weighted by molar-refractivity contribution is 0.309. The number of aromatic nitrogens is 2. The summed E-state index contributed by atoms with van der Waals surface area (Å²) in [6, 6.07) is 9.23. The van der Waals surface area contributed by atoms with Crippen LogP contribution in [0.2, 0.25) is 0 Å². The quantitative estimate of drug-likeness (QED) is 0.709. The number of nitrogens with zero attached hydrogens (tertiary/aromatic N) is 3. The van der Waals surface area contributed by atoms with Gasteiger partial charge in [-0.1, -0.05) is 0 Å². The summed E-state index contributed by atoms with van der Waals surface area (Å²) in [6.45, 7) is 3.61. The maximum Gasteiger partial charge on any atom is 0.279 e. The van der Waals surface area contributed by atoms with Gasteiger partial charge in [0.1, 0.15) is 29.9 Å². The number of hydrogen-bond acceptors (Lipinski definition) is 5. The highest BCUT2D eigenvalue weighted by atomic mass is 16.5. The molecule has 2 aromatic heterocycles. The maximum atomic E-state index is 9.62. The van der Waals surface area contributed by atoms with E-state index >= 15 is 0 Å². The van der Waals surface area contributed by atoms with Gasteiger partial charge < -0.3 is 14.9 Å². The van der Waals surface area contributed by atoms with Gasteiger partial charge in [-0.3, -0.25) is 4.98 Å². The van der Waals surface area contributed by atoms with Gasteiger partial charge in [-0.2, -0.15) is 0 Å². The second-order valence-electron chi connectivity index (χ2n) is 5.56. The lowest BCUT2D eigenvalue weighted by Gasteiger charge is -2.38. The van der Waals surface area contributed by atoms with Crippen LogP contribution in [0.3, 0.4) is 0 Å². The molecule has 0 bridgehead atoms. The van der Waals surface area contributed by atoms with Crippen molar-refractivity contribution in [2.24, 2.45) is 0 Å². The molecule has 0 spiro atoms. The molecule has 1 aliphatic heterocycles. The molecule has 1 aliphatic rings. The zero-order valence-electron chi connectivity index (χ0n) is 12.1. The number of aromatic hydroxyl groups is 1. The molecular weight excluding hydrogens is 280 g/mol. The minimum atomic E-state index is 0.186. The molecule has 0 radical (unpaired) electrons. The fourth-order valence-corrected chi connectivity index (χ4v) is 3.22. The maximum absolute atomic E-state index is 9.62. The number of hydrogen-bond donors (Lipinski definition) is 2. The molecule has 6 heteroatoms. The Morgan fingerprint density at radius 3 is 2.64 bits per heavy atom. The van der Waals surface area contributed by atoms with E-state index in [0.29, 0.717) is 10.1 Å². The van der Waals surface area contributed by atoms with E-state index in [0.717, 1.165) is 43.1 Å². The molecule has 2 N–H and O–H groups in total. The Morgan fingerprint density at radius 2 is 1.86 bits per heavy atom. The van der Waals surface area contributed by atoms with Crippen LogP contribution in [0.15, 0.2) is 47.2 Å². The van der Waals surface area contributed by atoms with Gasteiger partial charge in [0, 0.05) is 43.7 Å². The SMILES string of the molecule is Oc1ccc2c([N+]3(c4ccncc4)CCNCC3)noc2c1. The van der Waals surface area contributed by atoms with Gasteiger partial charge in [0.05, 0.1) is 0 Å². The molecule has 6 nitrogen and oxygen atoms in total. The summed E-state index contributed by atoms with van der Waals surface area (Å²) < 4.78 is 6.10. The molecule has 22 heavy (non-hydrogen) atoms. The first kappa shape index (κ1) is 13.2. The van der Waals surface area contributed by atoms with Crippen LogP contribution in [0.4, 0.5) is 11.5 Å². The lowest BCUT2D eigenvalue weighted by atomic mass is 10.1. The molecule has 0 unspecified atom stereocenters. The van der Waals surface area contributed by atoms with Crippen LogP contribution in [-0.4, -0.2) is 41.4 Å². The van der Waals surface area contributed by atoms with Crippen molar-refractivity contribution in [2.45, 2.75) is 0 Å². The zero-order chi connectivity index (χ0) is 15.0. The first-order valence-electron chi connectivity index (χ1n) is 7.37. The van der Waals surface area contributed by atoms with Gasteiger partial charge >= 0.3 is 0 Å². The first-order chi connectivity index (χ1) is 10.8. The van der Waals surface area contributed by atoms with Crippen LogP contribution in [0.25, 0.3) is 11.0 Å². The number of rotatable bonds is 2. The third kappa shape index (κ3) is 1.96. The van der Waals surface area contributed by atoms with Gasteiger partial charge in [-0.05, 0) is 17.3 Å². The lowest BCUT2D eigenvalue weighted by Crippen LogP contribution is -2.56. The minimum absolute atomic E-state index is 0.186. The highest BCUT2D eigenvalue weighted by Gasteiger charge is 2.39. The van der Waals surface area contributed by atoms with Crippen molar-refractivity contribution in [3.05, 3.63) is 42.7 Å². The Kier molecular flexibility index (Phi) is 3.06. The molecule has 112 valence electrons. The number of quaternary nitrogens is 1. The molecule has 1 fully saturated rings. The summed E-state index contributed by atoms with van der Waals surface area (Å²) >= 11 is 0. The van der Waals surface area contributed by atoms with Crippen molar-refractivity contribution in [1.29, 1.82) is 0 Å². The standard InChI is InChI=1S/C16H16N4O2/c21-13-1-2-14-15(11-13)22-19-16(14)20(9-7-18-8-10-20)12-3-5-17-6-4-12/h1-6,11,18H,7-10H2/p+1. The Morgan fingerprint density at radius 1 is 1.09 bits per heavy atom. The molecule has 3 aromatic rings. The van der Waals surface area contributed by atoms with Crippen LogP contribution in [0.5, 0.6) is 5.75 Å². The predicted octanol–water partition coefficient (Wildman–Crippen LogP) is 2.17. The number of nitrogens with one attached hydrogen (secondary N) is 1. The summed E-state index contributed by atoms with van der Waals surface area (Å²) in [5.74, 6) is 1.08. The monoisotopic (exact) mass is 297 g/mol. The average molecular weight is 297 g/mol. The minimum Gasteiger partial charge on any atom is -0.508 e. The van der Waals surface area contributed by atoms with Gasteiger partial charge in [-0.15, -0.1) is 0 Å². The van der Waals surface area contributed by atoms with Crippen molar-refractivity contribution in [1.82, 2.24) is 19.9 Å². The van der Waals surface area contributed by atoms with E-state index in [4.69, 9.17) is 4.52 Å². The summed E-state index contributed by atoms with van der Waals surface area (Å²) in [6.07, 6.45) is 3.62. The Balaban J connectivity index is 1.94. The van der Waals surface area contributed by atoms with E-state index in [1.807, 2.05) is 30.6 Å². The van der Waals surface area contributed by atoms with Crippen LogP contribution in [0.1, 0.15) is 0 Å². The second kappa shape index (κ2) is 5.08. The largest absolute Gasteiger partial charge is 0.508 e.